The Morgan fingerprint density at radius 1 is 1.48 bits per heavy atom. The molecule has 25 heavy (non-hydrogen) atoms. The largest absolute Gasteiger partial charge is 0.457 e. The lowest BCUT2D eigenvalue weighted by atomic mass is 10.2. The van der Waals surface area contributed by atoms with Gasteiger partial charge in [-0.1, -0.05) is 11.3 Å². The van der Waals surface area contributed by atoms with Gasteiger partial charge in [0.05, 0.1) is 4.87 Å². The Balaban J connectivity index is 1.48. The first kappa shape index (κ1) is 16.5. The van der Waals surface area contributed by atoms with Crippen LogP contribution in [0.1, 0.15) is 30.5 Å². The monoisotopic (exact) mass is 380 g/mol. The van der Waals surface area contributed by atoms with Crippen molar-refractivity contribution in [2.75, 3.05) is 5.75 Å². The molecule has 0 N–H and O–H groups in total. The molecule has 0 saturated carbocycles. The van der Waals surface area contributed by atoms with Gasteiger partial charge in [0, 0.05) is 23.9 Å². The van der Waals surface area contributed by atoms with Gasteiger partial charge in [0.2, 0.25) is 10.9 Å². The Morgan fingerprint density at radius 2 is 2.28 bits per heavy atom. The highest BCUT2D eigenvalue weighted by Gasteiger charge is 2.53. The number of carbonyl (C=O) groups excluding carboxylic acids is 2. The summed E-state index contributed by atoms with van der Waals surface area (Å²) < 4.78 is 6.57. The van der Waals surface area contributed by atoms with E-state index < -0.39 is 12.0 Å². The van der Waals surface area contributed by atoms with Crippen molar-refractivity contribution >= 4 is 39.9 Å². The van der Waals surface area contributed by atoms with Crippen LogP contribution in [-0.2, 0) is 20.9 Å². The minimum atomic E-state index is -0.553. The summed E-state index contributed by atoms with van der Waals surface area (Å²) >= 11 is 2.83. The molecule has 0 bridgehead atoms. The zero-order chi connectivity index (χ0) is 17.8. The van der Waals surface area contributed by atoms with Crippen molar-refractivity contribution in [3.8, 4) is 0 Å². The highest BCUT2D eigenvalue weighted by molar-refractivity contribution is 8.01. The summed E-state index contributed by atoms with van der Waals surface area (Å²) in [5.74, 6) is 0.115. The van der Waals surface area contributed by atoms with Gasteiger partial charge in [-0.15, -0.1) is 11.8 Å². The van der Waals surface area contributed by atoms with E-state index in [1.807, 2.05) is 6.92 Å². The maximum atomic E-state index is 12.4. The van der Waals surface area contributed by atoms with Gasteiger partial charge in [0.15, 0.2) is 5.01 Å². The topological polar surface area (TPSA) is 93.9 Å². The molecule has 0 spiro atoms. The number of aromatic nitrogens is 3. The van der Waals surface area contributed by atoms with E-state index in [1.54, 1.807) is 23.6 Å². The van der Waals surface area contributed by atoms with Crippen molar-refractivity contribution in [3.63, 3.8) is 0 Å². The molecular formula is C15H16N4O4S2. The lowest BCUT2D eigenvalue weighted by Crippen LogP contribution is -2.46. The van der Waals surface area contributed by atoms with Gasteiger partial charge in [0.25, 0.3) is 5.56 Å². The lowest BCUT2D eigenvalue weighted by molar-refractivity contribution is -0.154. The van der Waals surface area contributed by atoms with Gasteiger partial charge < -0.3 is 9.64 Å². The van der Waals surface area contributed by atoms with E-state index >= 15 is 0 Å². The molecule has 4 heterocycles. The summed E-state index contributed by atoms with van der Waals surface area (Å²) in [4.78, 5) is 42.5. The quantitative estimate of drug-likeness (QED) is 0.732. The molecule has 2 aliphatic rings. The van der Waals surface area contributed by atoms with Gasteiger partial charge in [-0.3, -0.25) is 9.59 Å². The second-order valence-electron chi connectivity index (χ2n) is 6.30. The zero-order valence-electron chi connectivity index (χ0n) is 13.7. The van der Waals surface area contributed by atoms with E-state index in [1.165, 1.54) is 21.9 Å². The van der Waals surface area contributed by atoms with Crippen LogP contribution in [-0.4, -0.2) is 48.0 Å². The number of ether oxygens (including phenoxy) is 1. The predicted octanol–water partition coefficient (Wildman–Crippen LogP) is 0.957. The Labute approximate surface area is 151 Å². The first-order valence-corrected chi connectivity index (χ1v) is 9.67. The van der Waals surface area contributed by atoms with Gasteiger partial charge in [-0.25, -0.2) is 9.78 Å². The van der Waals surface area contributed by atoms with Crippen LogP contribution >= 0.6 is 23.1 Å². The molecule has 2 aromatic rings. The van der Waals surface area contributed by atoms with Gasteiger partial charge in [0.1, 0.15) is 12.6 Å². The van der Waals surface area contributed by atoms with E-state index in [9.17, 15) is 14.4 Å². The number of fused-ring (bicyclic) bond motifs is 2. The fourth-order valence-corrected chi connectivity index (χ4v) is 5.52. The second-order valence-corrected chi connectivity index (χ2v) is 8.84. The number of esters is 1. The Kier molecular flexibility index (Phi) is 3.84. The molecule has 2 saturated heterocycles. The molecule has 0 aliphatic carbocycles. The molecule has 0 unspecified atom stereocenters. The van der Waals surface area contributed by atoms with Crippen molar-refractivity contribution in [3.05, 3.63) is 27.1 Å². The van der Waals surface area contributed by atoms with E-state index in [0.717, 1.165) is 6.42 Å². The Morgan fingerprint density at radius 3 is 3.08 bits per heavy atom. The van der Waals surface area contributed by atoms with Crippen LogP contribution in [0.2, 0.25) is 0 Å². The van der Waals surface area contributed by atoms with Crippen LogP contribution in [0.5, 0.6) is 0 Å². The summed E-state index contributed by atoms with van der Waals surface area (Å²) in [5, 5.41) is 4.63. The van der Waals surface area contributed by atoms with Crippen LogP contribution in [0.15, 0.2) is 10.9 Å². The minimum Gasteiger partial charge on any atom is -0.457 e. The minimum absolute atomic E-state index is 0.000615. The van der Waals surface area contributed by atoms with Crippen LogP contribution in [0.25, 0.3) is 4.96 Å². The first-order chi connectivity index (χ1) is 11.9. The number of aryl methyl sites for hydroxylation is 1. The first-order valence-electron chi connectivity index (χ1n) is 7.86. The molecule has 4 rings (SSSR count). The summed E-state index contributed by atoms with van der Waals surface area (Å²) in [7, 11) is 0. The Bertz CT molecular complexity index is 939. The van der Waals surface area contributed by atoms with Gasteiger partial charge in [-0.05, 0) is 20.3 Å². The summed E-state index contributed by atoms with van der Waals surface area (Å²) in [6.45, 7) is 3.69. The van der Waals surface area contributed by atoms with Gasteiger partial charge >= 0.3 is 5.97 Å². The SMILES string of the molecule is Cc1cc(=O)n2nc(COC(=O)[C@@H]3CS[C@]4(C)CCC(=O)N34)sc2n1. The molecule has 0 aromatic carbocycles. The van der Waals surface area contributed by atoms with Gasteiger partial charge in [-0.2, -0.15) is 9.61 Å². The third-order valence-corrected chi connectivity index (χ3v) is 6.86. The number of amides is 1. The average molecular weight is 380 g/mol. The summed E-state index contributed by atoms with van der Waals surface area (Å²) in [6.07, 6.45) is 1.23. The molecule has 2 aliphatic heterocycles. The van der Waals surface area contributed by atoms with Crippen molar-refractivity contribution < 1.29 is 14.3 Å². The highest BCUT2D eigenvalue weighted by atomic mass is 32.2. The number of carbonyl (C=O) groups is 2. The van der Waals surface area contributed by atoms with E-state index in [-0.39, 0.29) is 22.9 Å². The van der Waals surface area contributed by atoms with E-state index in [0.29, 0.717) is 27.8 Å². The number of rotatable bonds is 3. The number of hydrogen-bond donors (Lipinski definition) is 0. The molecule has 1 amide bonds. The highest BCUT2D eigenvalue weighted by Crippen LogP contribution is 2.47. The second kappa shape index (κ2) is 5.80. The molecule has 2 aromatic heterocycles. The zero-order valence-corrected chi connectivity index (χ0v) is 15.4. The number of nitrogens with zero attached hydrogens (tertiary/aromatic N) is 4. The normalized spacial score (nSPS) is 25.6. The number of thioether (sulfide) groups is 1. The third-order valence-electron chi connectivity index (χ3n) is 4.47. The molecule has 2 fully saturated rings. The molecule has 10 heteroatoms. The smallest absolute Gasteiger partial charge is 0.330 e. The lowest BCUT2D eigenvalue weighted by Gasteiger charge is -2.29. The molecule has 0 radical (unpaired) electrons. The average Bonchev–Trinajstić information content (AvgIpc) is 3.19. The standard InChI is InChI=1S/C15H16N4O4S2/c1-8-5-12(21)19-14(16-8)25-10(17-19)6-23-13(22)9-7-24-15(2)4-3-11(20)18(9)15/h5,9H,3-4,6-7H2,1-2H3/t9-,15+/m0/s1. The van der Waals surface area contributed by atoms with Crippen LogP contribution < -0.4 is 5.56 Å². The summed E-state index contributed by atoms with van der Waals surface area (Å²) in [6, 6.07) is 0.848. The molecule has 132 valence electrons. The van der Waals surface area contributed by atoms with E-state index in [4.69, 9.17) is 4.74 Å². The third kappa shape index (κ3) is 2.73. The Hall–Kier alpha value is -1.94. The number of hydrogen-bond acceptors (Lipinski definition) is 8. The molecular weight excluding hydrogens is 364 g/mol. The maximum Gasteiger partial charge on any atom is 0.330 e. The fourth-order valence-electron chi connectivity index (χ4n) is 3.24. The molecule has 8 nitrogen and oxygen atoms in total. The predicted molar refractivity (Wildman–Crippen MR) is 92.4 cm³/mol. The van der Waals surface area contributed by atoms with Crippen LogP contribution in [0.4, 0.5) is 0 Å². The van der Waals surface area contributed by atoms with E-state index in [2.05, 4.69) is 10.1 Å². The van der Waals surface area contributed by atoms with Crippen molar-refractivity contribution in [2.24, 2.45) is 0 Å². The van der Waals surface area contributed by atoms with Crippen LogP contribution in [0.3, 0.4) is 0 Å². The van der Waals surface area contributed by atoms with Crippen molar-refractivity contribution in [1.29, 1.82) is 0 Å². The molecule has 2 atom stereocenters. The summed E-state index contributed by atoms with van der Waals surface area (Å²) in [5.41, 5.74) is 0.356. The maximum absolute atomic E-state index is 12.4. The van der Waals surface area contributed by atoms with Crippen LogP contribution in [0, 0.1) is 6.92 Å². The van der Waals surface area contributed by atoms with Crippen molar-refractivity contribution in [2.45, 2.75) is 44.2 Å². The van der Waals surface area contributed by atoms with Crippen molar-refractivity contribution in [1.82, 2.24) is 19.5 Å². The fraction of sp³-hybridized carbons (Fsp3) is 0.533.